The van der Waals surface area contributed by atoms with Crippen LogP contribution in [0.3, 0.4) is 0 Å². The summed E-state index contributed by atoms with van der Waals surface area (Å²) in [7, 11) is 2.15. The first-order valence-electron chi connectivity index (χ1n) is 10.8. The van der Waals surface area contributed by atoms with E-state index in [0.717, 1.165) is 49.6 Å². The Labute approximate surface area is 193 Å². The molecule has 2 N–H and O–H groups in total. The van der Waals surface area contributed by atoms with E-state index in [4.69, 9.17) is 4.74 Å². The number of piperazine rings is 1. The molecule has 4 rings (SSSR count). The van der Waals surface area contributed by atoms with Crippen LogP contribution in [0.2, 0.25) is 0 Å². The van der Waals surface area contributed by atoms with Crippen molar-refractivity contribution in [3.05, 3.63) is 76.2 Å². The second-order valence-electron chi connectivity index (χ2n) is 8.04. The number of allylic oxidation sites excluding steroid dienone is 3. The van der Waals surface area contributed by atoms with E-state index in [0.29, 0.717) is 29.2 Å². The number of likely N-dealkylation sites (N-methyl/N-ethyl adjacent to an activating group) is 1. The van der Waals surface area contributed by atoms with Crippen molar-refractivity contribution in [3.8, 4) is 5.75 Å². The largest absolute Gasteiger partial charge is 0.507 e. The number of aliphatic hydroxyl groups is 1. The lowest BCUT2D eigenvalue weighted by Gasteiger charge is -2.32. The van der Waals surface area contributed by atoms with Crippen molar-refractivity contribution in [1.29, 1.82) is 0 Å². The fourth-order valence-corrected chi connectivity index (χ4v) is 4.76. The summed E-state index contributed by atoms with van der Waals surface area (Å²) in [5.74, 6) is 0.717. The van der Waals surface area contributed by atoms with Crippen molar-refractivity contribution in [1.82, 2.24) is 15.1 Å². The Morgan fingerprint density at radius 3 is 2.84 bits per heavy atom. The number of rotatable bonds is 5. The van der Waals surface area contributed by atoms with Crippen LogP contribution in [-0.2, 0) is 0 Å². The number of amides is 1. The van der Waals surface area contributed by atoms with Gasteiger partial charge in [-0.2, -0.15) is 0 Å². The molecule has 1 amide bonds. The average molecular weight is 452 g/mol. The quantitative estimate of drug-likeness (QED) is 0.727. The summed E-state index contributed by atoms with van der Waals surface area (Å²) in [5.41, 5.74) is 2.73. The number of carbonyl (C=O) groups is 1. The lowest BCUT2D eigenvalue weighted by molar-refractivity contribution is 0.0961. The third-order valence-electron chi connectivity index (χ3n) is 5.81. The van der Waals surface area contributed by atoms with Gasteiger partial charge in [0.2, 0.25) is 0 Å². The number of fused-ring (bicyclic) bond motifs is 1. The van der Waals surface area contributed by atoms with Gasteiger partial charge < -0.3 is 20.1 Å². The highest BCUT2D eigenvalue weighted by Crippen LogP contribution is 2.37. The Morgan fingerprint density at radius 1 is 1.22 bits per heavy atom. The minimum absolute atomic E-state index is 0.109. The van der Waals surface area contributed by atoms with Gasteiger partial charge in [-0.25, -0.2) is 0 Å². The first-order valence-corrected chi connectivity index (χ1v) is 11.7. The molecule has 0 atom stereocenters. The van der Waals surface area contributed by atoms with E-state index in [1.54, 1.807) is 12.2 Å². The molecule has 0 saturated carbocycles. The van der Waals surface area contributed by atoms with Crippen molar-refractivity contribution < 1.29 is 14.6 Å². The van der Waals surface area contributed by atoms with Gasteiger partial charge in [-0.1, -0.05) is 24.8 Å². The molecule has 32 heavy (non-hydrogen) atoms. The molecule has 168 valence electrons. The van der Waals surface area contributed by atoms with E-state index in [9.17, 15) is 9.90 Å². The monoisotopic (exact) mass is 451 g/mol. The number of carbonyl (C=O) groups excluding carboxylic acids is 1. The molecule has 1 fully saturated rings. The minimum Gasteiger partial charge on any atom is -0.507 e. The van der Waals surface area contributed by atoms with Crippen LogP contribution in [0.25, 0.3) is 11.1 Å². The molecule has 1 aromatic carbocycles. The Balaban J connectivity index is 1.55. The molecular formula is C25H29N3O3S. The lowest BCUT2D eigenvalue weighted by atomic mass is 9.92. The maximum Gasteiger partial charge on any atom is 0.262 e. The molecule has 7 heteroatoms. The second-order valence-corrected chi connectivity index (χ2v) is 8.95. The fraction of sp³-hybridized carbons (Fsp3) is 0.320. The number of ether oxygens (including phenoxy) is 1. The molecule has 2 aliphatic rings. The fourth-order valence-electron chi connectivity index (χ4n) is 3.93. The van der Waals surface area contributed by atoms with E-state index in [2.05, 4.69) is 28.7 Å². The van der Waals surface area contributed by atoms with Crippen LogP contribution >= 0.6 is 11.3 Å². The van der Waals surface area contributed by atoms with Crippen molar-refractivity contribution >= 4 is 28.4 Å². The molecule has 1 saturated heterocycles. The molecule has 6 nitrogen and oxygen atoms in total. The van der Waals surface area contributed by atoms with Gasteiger partial charge >= 0.3 is 0 Å². The maximum absolute atomic E-state index is 12.5. The smallest absolute Gasteiger partial charge is 0.262 e. The molecule has 2 aromatic rings. The number of aliphatic hydroxyl groups excluding tert-OH is 1. The van der Waals surface area contributed by atoms with Gasteiger partial charge in [-0.05, 0) is 47.8 Å². The third-order valence-corrected chi connectivity index (χ3v) is 6.72. The number of hydrogen-bond acceptors (Lipinski definition) is 6. The van der Waals surface area contributed by atoms with Crippen molar-refractivity contribution in [2.45, 2.75) is 0 Å². The van der Waals surface area contributed by atoms with E-state index < -0.39 is 0 Å². The predicted molar refractivity (Wildman–Crippen MR) is 130 cm³/mol. The van der Waals surface area contributed by atoms with Gasteiger partial charge in [0, 0.05) is 50.4 Å². The van der Waals surface area contributed by atoms with Gasteiger partial charge in [-0.3, -0.25) is 9.69 Å². The molecule has 2 aliphatic heterocycles. The Kier molecular flexibility index (Phi) is 7.09. The number of nitrogens with one attached hydrogen (secondary N) is 1. The van der Waals surface area contributed by atoms with E-state index >= 15 is 0 Å². The van der Waals surface area contributed by atoms with Crippen LogP contribution in [-0.4, -0.2) is 73.7 Å². The van der Waals surface area contributed by atoms with Crippen molar-refractivity contribution in [2.24, 2.45) is 0 Å². The van der Waals surface area contributed by atoms with Crippen molar-refractivity contribution in [3.63, 3.8) is 0 Å². The summed E-state index contributed by atoms with van der Waals surface area (Å²) in [6.07, 6.45) is 3.34. The number of hydrogen-bond donors (Lipinski definition) is 2. The molecule has 0 unspecified atom stereocenters. The highest BCUT2D eigenvalue weighted by atomic mass is 32.1. The number of benzene rings is 1. The highest BCUT2D eigenvalue weighted by molar-refractivity contribution is 7.12. The Hall–Kier alpha value is -2.87. The average Bonchev–Trinajstić information content (AvgIpc) is 3.28. The van der Waals surface area contributed by atoms with Gasteiger partial charge in [0.15, 0.2) is 0 Å². The third kappa shape index (κ3) is 5.12. The zero-order valence-corrected chi connectivity index (χ0v) is 19.2. The minimum atomic E-state index is -0.137. The highest BCUT2D eigenvalue weighted by Gasteiger charge is 2.21. The summed E-state index contributed by atoms with van der Waals surface area (Å²) in [4.78, 5) is 17.8. The number of nitrogens with zero attached hydrogens (tertiary/aromatic N) is 2. The van der Waals surface area contributed by atoms with Gasteiger partial charge in [-0.15, -0.1) is 11.3 Å². The van der Waals surface area contributed by atoms with Crippen LogP contribution in [0.15, 0.2) is 60.2 Å². The molecule has 1 aromatic heterocycles. The van der Waals surface area contributed by atoms with Gasteiger partial charge in [0.25, 0.3) is 5.91 Å². The molecule has 0 spiro atoms. The van der Waals surface area contributed by atoms with E-state index in [1.165, 1.54) is 11.3 Å². The first kappa shape index (κ1) is 22.3. The van der Waals surface area contributed by atoms with Crippen molar-refractivity contribution in [2.75, 3.05) is 52.9 Å². The summed E-state index contributed by atoms with van der Waals surface area (Å²) >= 11 is 1.37. The van der Waals surface area contributed by atoms with Crippen LogP contribution in [0.1, 0.15) is 20.8 Å². The first-order chi connectivity index (χ1) is 15.5. The molecule has 3 heterocycles. The van der Waals surface area contributed by atoms with Crippen LogP contribution in [0, 0.1) is 0 Å². The summed E-state index contributed by atoms with van der Waals surface area (Å²) in [5, 5.41) is 15.6. The van der Waals surface area contributed by atoms with E-state index in [1.807, 2.05) is 35.7 Å². The standard InChI is InChI=1S/C25H29N3O3S/c1-18-21-8-16-32-24(21)25(30)26-9-4-7-22(29)23(18)19-5-3-6-20(17-19)31-15-14-28-12-10-27(2)11-13-28/h3-8,16-17,29H,1,9-15H2,2H3,(H,26,30)/b7-4-,23-22-. The zero-order chi connectivity index (χ0) is 22.5. The van der Waals surface area contributed by atoms with Crippen LogP contribution in [0.4, 0.5) is 0 Å². The van der Waals surface area contributed by atoms with Crippen LogP contribution < -0.4 is 10.1 Å². The topological polar surface area (TPSA) is 65.0 Å². The van der Waals surface area contributed by atoms with E-state index in [-0.39, 0.29) is 11.7 Å². The zero-order valence-electron chi connectivity index (χ0n) is 18.3. The Bertz CT molecular complexity index is 1050. The van der Waals surface area contributed by atoms with Gasteiger partial charge in [0.05, 0.1) is 4.88 Å². The van der Waals surface area contributed by atoms with Gasteiger partial charge in [0.1, 0.15) is 18.1 Å². The number of thiophene rings is 1. The molecular weight excluding hydrogens is 422 g/mol. The second kappa shape index (κ2) is 10.2. The molecule has 0 bridgehead atoms. The van der Waals surface area contributed by atoms with Crippen LogP contribution in [0.5, 0.6) is 5.75 Å². The SMILES string of the molecule is C=C1/C(c2cccc(OCCN3CCN(C)CC3)c2)=C(O)\C=C/CNC(=O)c2sccc21. The lowest BCUT2D eigenvalue weighted by Crippen LogP contribution is -2.45. The maximum atomic E-state index is 12.5. The molecule has 0 radical (unpaired) electrons. The summed E-state index contributed by atoms with van der Waals surface area (Å²) in [6, 6.07) is 9.56. The molecule has 0 aliphatic carbocycles. The summed E-state index contributed by atoms with van der Waals surface area (Å²) < 4.78 is 6.04. The Morgan fingerprint density at radius 2 is 2.03 bits per heavy atom. The predicted octanol–water partition coefficient (Wildman–Crippen LogP) is 3.66. The normalized spacial score (nSPS) is 21.7. The summed E-state index contributed by atoms with van der Waals surface area (Å²) in [6.45, 7) is 10.3.